The number of fused-ring (bicyclic) bond motifs is 1. The summed E-state index contributed by atoms with van der Waals surface area (Å²) < 4.78 is 38.4. The summed E-state index contributed by atoms with van der Waals surface area (Å²) in [6.07, 6.45) is -10.4. The lowest BCUT2D eigenvalue weighted by atomic mass is 9.87. The topological polar surface area (TPSA) is 157 Å². The molecule has 0 aliphatic rings. The number of nitrogens with one attached hydrogen (secondary N) is 1. The number of carbonyl (C=O) groups excluding carboxylic acids is 1. The van der Waals surface area contributed by atoms with E-state index < -0.39 is 54.0 Å². The highest BCUT2D eigenvalue weighted by molar-refractivity contribution is 5.86. The predicted octanol–water partition coefficient (Wildman–Crippen LogP) is -0.809. The van der Waals surface area contributed by atoms with Gasteiger partial charge >= 0.3 is 6.18 Å². The summed E-state index contributed by atoms with van der Waals surface area (Å²) in [6.45, 7) is -0.894. The van der Waals surface area contributed by atoms with Crippen LogP contribution in [0.25, 0.3) is 10.9 Å². The molecule has 27 heavy (non-hydrogen) atoms. The molecule has 1 heterocycles. The van der Waals surface area contributed by atoms with Gasteiger partial charge in [0, 0.05) is 5.52 Å². The smallest absolute Gasteiger partial charge is 0.394 e. The summed E-state index contributed by atoms with van der Waals surface area (Å²) >= 11 is 0. The fourth-order valence-corrected chi connectivity index (χ4v) is 2.69. The number of hydrogen-bond donors (Lipinski definition) is 6. The Morgan fingerprint density at radius 2 is 1.78 bits per heavy atom. The van der Waals surface area contributed by atoms with Gasteiger partial charge in [0.25, 0.3) is 5.56 Å². The van der Waals surface area contributed by atoms with E-state index in [9.17, 15) is 38.1 Å². The van der Waals surface area contributed by atoms with Crippen molar-refractivity contribution in [1.82, 2.24) is 4.98 Å². The maximum atomic E-state index is 12.8. The van der Waals surface area contributed by atoms with Gasteiger partial charge in [0.2, 0.25) is 5.91 Å². The third-order valence-electron chi connectivity index (χ3n) is 4.11. The number of hydrogen-bond acceptors (Lipinski definition) is 6. The minimum absolute atomic E-state index is 0.0119. The highest BCUT2D eigenvalue weighted by Gasteiger charge is 2.36. The molecule has 0 saturated carbocycles. The number of amides is 1. The van der Waals surface area contributed by atoms with E-state index in [-0.39, 0.29) is 16.5 Å². The normalized spacial score (nSPS) is 16.7. The molecule has 1 aromatic heterocycles. The van der Waals surface area contributed by atoms with Crippen LogP contribution in [-0.2, 0) is 11.0 Å². The van der Waals surface area contributed by atoms with Crippen molar-refractivity contribution in [3.8, 4) is 0 Å². The van der Waals surface area contributed by atoms with Gasteiger partial charge in [0.15, 0.2) is 0 Å². The second-order valence-electron chi connectivity index (χ2n) is 5.97. The molecule has 0 bridgehead atoms. The number of primary amides is 1. The first kappa shape index (κ1) is 20.8. The van der Waals surface area contributed by atoms with Crippen LogP contribution in [-0.4, -0.2) is 56.2 Å². The van der Waals surface area contributed by atoms with Crippen molar-refractivity contribution < 1.29 is 38.4 Å². The van der Waals surface area contributed by atoms with E-state index >= 15 is 0 Å². The van der Waals surface area contributed by atoms with Gasteiger partial charge in [-0.2, -0.15) is 13.2 Å². The summed E-state index contributed by atoms with van der Waals surface area (Å²) in [5.74, 6) is -2.66. The van der Waals surface area contributed by atoms with E-state index in [2.05, 4.69) is 0 Å². The lowest BCUT2D eigenvalue weighted by Crippen LogP contribution is -2.46. The number of alkyl halides is 3. The highest BCUT2D eigenvalue weighted by Crippen LogP contribution is 2.30. The zero-order valence-corrected chi connectivity index (χ0v) is 13.6. The van der Waals surface area contributed by atoms with E-state index in [1.54, 1.807) is 0 Å². The standard InChI is InChI=1S/C16H17F3N2O6/c17-16(18,19)8-3-6-1-2-7(4-9(6)21-15(8)27)11(14(20)26)13(25)12(24)10(23)5-22/h1-4,10-13,22-25H,5H2,(H2,20,26)(H,21,27)/t10-,11-,12-,13-/m1/s1. The van der Waals surface area contributed by atoms with Gasteiger partial charge in [0.05, 0.1) is 18.6 Å². The molecule has 0 spiro atoms. The number of aliphatic hydroxyl groups is 4. The second kappa shape index (κ2) is 7.64. The molecule has 1 aromatic carbocycles. The molecule has 0 unspecified atom stereocenters. The van der Waals surface area contributed by atoms with Crippen LogP contribution >= 0.6 is 0 Å². The van der Waals surface area contributed by atoms with E-state index in [4.69, 9.17) is 10.8 Å². The molecule has 0 saturated heterocycles. The molecule has 4 atom stereocenters. The summed E-state index contributed by atoms with van der Waals surface area (Å²) in [6, 6.07) is 4.14. The van der Waals surface area contributed by atoms with E-state index in [0.717, 1.165) is 6.07 Å². The van der Waals surface area contributed by atoms with Gasteiger partial charge in [-0.3, -0.25) is 9.59 Å². The Hall–Kier alpha value is -2.47. The second-order valence-corrected chi connectivity index (χ2v) is 5.97. The molecule has 148 valence electrons. The summed E-state index contributed by atoms with van der Waals surface area (Å²) in [4.78, 5) is 25.4. The van der Waals surface area contributed by atoms with Crippen molar-refractivity contribution in [3.63, 3.8) is 0 Å². The van der Waals surface area contributed by atoms with Gasteiger partial charge in [-0.25, -0.2) is 0 Å². The Labute approximate surface area is 149 Å². The predicted molar refractivity (Wildman–Crippen MR) is 86.6 cm³/mol. The Morgan fingerprint density at radius 3 is 2.30 bits per heavy atom. The summed E-state index contributed by atoms with van der Waals surface area (Å²) in [5, 5.41) is 38.2. The number of halogens is 3. The fourth-order valence-electron chi connectivity index (χ4n) is 2.69. The number of aliphatic hydroxyl groups excluding tert-OH is 4. The van der Waals surface area contributed by atoms with Crippen molar-refractivity contribution in [2.75, 3.05) is 6.61 Å². The van der Waals surface area contributed by atoms with Crippen LogP contribution in [0.15, 0.2) is 29.1 Å². The van der Waals surface area contributed by atoms with Crippen LogP contribution in [0.1, 0.15) is 17.0 Å². The van der Waals surface area contributed by atoms with E-state index in [0.29, 0.717) is 6.07 Å². The largest absolute Gasteiger partial charge is 0.421 e. The number of carbonyl (C=O) groups is 1. The summed E-state index contributed by atoms with van der Waals surface area (Å²) in [7, 11) is 0. The average molecular weight is 390 g/mol. The SMILES string of the molecule is NC(=O)[C@H](c1ccc2cc(C(F)(F)F)c(=O)[nH]c2c1)[C@@H](O)[C@H](O)[C@H](O)CO. The molecule has 0 aliphatic heterocycles. The molecule has 0 radical (unpaired) electrons. The third-order valence-corrected chi connectivity index (χ3v) is 4.11. The van der Waals surface area contributed by atoms with Crippen LogP contribution in [0.2, 0.25) is 0 Å². The maximum Gasteiger partial charge on any atom is 0.421 e. The van der Waals surface area contributed by atoms with Crippen LogP contribution in [0.5, 0.6) is 0 Å². The first-order chi connectivity index (χ1) is 12.5. The Bertz CT molecular complexity index is 898. The van der Waals surface area contributed by atoms with E-state index in [1.807, 2.05) is 4.98 Å². The molecule has 7 N–H and O–H groups in total. The number of H-pyrrole nitrogens is 1. The number of aromatic amines is 1. The maximum absolute atomic E-state index is 12.8. The Balaban J connectivity index is 2.52. The van der Waals surface area contributed by atoms with Crippen LogP contribution in [0, 0.1) is 0 Å². The van der Waals surface area contributed by atoms with Gasteiger partial charge in [-0.15, -0.1) is 0 Å². The highest BCUT2D eigenvalue weighted by atomic mass is 19.4. The van der Waals surface area contributed by atoms with Gasteiger partial charge in [-0.1, -0.05) is 12.1 Å². The number of rotatable bonds is 6. The molecule has 8 nitrogen and oxygen atoms in total. The lowest BCUT2D eigenvalue weighted by molar-refractivity contribution is -0.138. The Kier molecular flexibility index (Phi) is 5.90. The number of nitrogens with two attached hydrogens (primary N) is 1. The van der Waals surface area contributed by atoms with Crippen molar-refractivity contribution in [2.45, 2.75) is 30.4 Å². The minimum Gasteiger partial charge on any atom is -0.394 e. The summed E-state index contributed by atoms with van der Waals surface area (Å²) in [5.41, 5.74) is 2.38. The average Bonchev–Trinajstić information content (AvgIpc) is 2.58. The molecule has 0 fully saturated rings. The Morgan fingerprint density at radius 1 is 1.15 bits per heavy atom. The molecule has 2 rings (SSSR count). The molecular weight excluding hydrogens is 373 g/mol. The van der Waals surface area contributed by atoms with Crippen LogP contribution in [0.4, 0.5) is 13.2 Å². The van der Waals surface area contributed by atoms with Gasteiger partial charge in [0.1, 0.15) is 17.8 Å². The monoisotopic (exact) mass is 390 g/mol. The zero-order valence-electron chi connectivity index (χ0n) is 13.6. The van der Waals surface area contributed by atoms with Crippen molar-refractivity contribution in [1.29, 1.82) is 0 Å². The van der Waals surface area contributed by atoms with Crippen LogP contribution < -0.4 is 11.3 Å². The number of benzene rings is 1. The van der Waals surface area contributed by atoms with Crippen molar-refractivity contribution >= 4 is 16.8 Å². The third kappa shape index (κ3) is 4.27. The molecule has 1 amide bonds. The van der Waals surface area contributed by atoms with Crippen molar-refractivity contribution in [3.05, 3.63) is 45.7 Å². The van der Waals surface area contributed by atoms with Gasteiger partial charge < -0.3 is 31.1 Å². The molecular formula is C16H17F3N2O6. The zero-order chi connectivity index (χ0) is 20.5. The molecule has 0 aliphatic carbocycles. The molecule has 11 heteroatoms. The van der Waals surface area contributed by atoms with Crippen LogP contribution in [0.3, 0.4) is 0 Å². The first-order valence-corrected chi connectivity index (χ1v) is 7.66. The fraction of sp³-hybridized carbons (Fsp3) is 0.375. The number of pyridine rings is 1. The van der Waals surface area contributed by atoms with Crippen molar-refractivity contribution in [2.24, 2.45) is 5.73 Å². The minimum atomic E-state index is -4.85. The quantitative estimate of drug-likeness (QED) is 0.379. The first-order valence-electron chi connectivity index (χ1n) is 7.66. The molecule has 2 aromatic rings. The van der Waals surface area contributed by atoms with Gasteiger partial charge in [-0.05, 0) is 23.1 Å². The number of aromatic nitrogens is 1. The lowest BCUT2D eigenvalue weighted by Gasteiger charge is -2.27. The van der Waals surface area contributed by atoms with E-state index in [1.165, 1.54) is 12.1 Å².